The van der Waals surface area contributed by atoms with E-state index in [1.54, 1.807) is 11.8 Å². The summed E-state index contributed by atoms with van der Waals surface area (Å²) in [6, 6.07) is 13.7. The Morgan fingerprint density at radius 2 is 2.00 bits per heavy atom. The van der Waals surface area contributed by atoms with Crippen molar-refractivity contribution in [2.75, 3.05) is 22.5 Å². The minimum atomic E-state index is -2.34. The predicted octanol–water partition coefficient (Wildman–Crippen LogP) is 4.13. The Kier molecular flexibility index (Phi) is 7.04. The molecule has 3 unspecified atom stereocenters. The minimum absolute atomic E-state index is 0.296. The molecule has 1 heterocycles. The molecule has 5 nitrogen and oxygen atoms in total. The van der Waals surface area contributed by atoms with Gasteiger partial charge in [-0.3, -0.25) is 4.21 Å². The van der Waals surface area contributed by atoms with Gasteiger partial charge in [0, 0.05) is 22.9 Å². The third-order valence-electron chi connectivity index (χ3n) is 4.71. The molecule has 1 aliphatic rings. The standard InChI is InChI=1S/C21H28N2O3S2/c1-4-15-5-8-17(9-6-15)23(12-14(2)3)21(28(25)26)16-7-10-19-18(11-16)22-20(24)13-27-19/h5-11,14,20-22,24H,4,12-13H2,1-3H3,(H,25,26)/p-1. The summed E-state index contributed by atoms with van der Waals surface area (Å²) in [5, 5.41) is 12.1. The van der Waals surface area contributed by atoms with Crippen LogP contribution in [0.25, 0.3) is 0 Å². The highest BCUT2D eigenvalue weighted by atomic mass is 32.2. The Hall–Kier alpha value is -1.54. The summed E-state index contributed by atoms with van der Waals surface area (Å²) in [7, 11) is 0. The van der Waals surface area contributed by atoms with E-state index in [-0.39, 0.29) is 0 Å². The number of nitrogens with one attached hydrogen (secondary N) is 1. The summed E-state index contributed by atoms with van der Waals surface area (Å²) in [6.45, 7) is 6.88. The molecule has 1 aliphatic heterocycles. The van der Waals surface area contributed by atoms with Gasteiger partial charge in [0.25, 0.3) is 0 Å². The minimum Gasteiger partial charge on any atom is -0.770 e. The van der Waals surface area contributed by atoms with Crippen LogP contribution in [0.3, 0.4) is 0 Å². The molecule has 7 heteroatoms. The molecule has 3 rings (SSSR count). The molecular weight excluding hydrogens is 392 g/mol. The number of aliphatic hydroxyl groups excluding tert-OH is 1. The highest BCUT2D eigenvalue weighted by molar-refractivity contribution is 7.99. The van der Waals surface area contributed by atoms with Crippen molar-refractivity contribution in [2.45, 2.75) is 43.7 Å². The van der Waals surface area contributed by atoms with Gasteiger partial charge in [-0.05, 0) is 58.8 Å². The molecule has 2 N–H and O–H groups in total. The molecular formula is C21H27N2O3S2-. The first kappa shape index (κ1) is 21.2. The first-order chi connectivity index (χ1) is 13.4. The molecule has 0 aliphatic carbocycles. The van der Waals surface area contributed by atoms with E-state index in [0.717, 1.165) is 22.7 Å². The first-order valence-electron chi connectivity index (χ1n) is 9.54. The van der Waals surface area contributed by atoms with Crippen LogP contribution in [0.15, 0.2) is 47.4 Å². The van der Waals surface area contributed by atoms with E-state index in [2.05, 4.69) is 38.2 Å². The van der Waals surface area contributed by atoms with E-state index in [0.29, 0.717) is 23.8 Å². The van der Waals surface area contributed by atoms with Gasteiger partial charge >= 0.3 is 0 Å². The number of rotatable bonds is 7. The normalized spacial score (nSPS) is 18.3. The maximum absolute atomic E-state index is 12.3. The fourth-order valence-electron chi connectivity index (χ4n) is 3.38. The smallest absolute Gasteiger partial charge is 0.134 e. The van der Waals surface area contributed by atoms with Gasteiger partial charge in [0.05, 0.1) is 5.69 Å². The van der Waals surface area contributed by atoms with E-state index >= 15 is 0 Å². The molecule has 0 fully saturated rings. The third kappa shape index (κ3) is 4.89. The Morgan fingerprint density at radius 3 is 2.61 bits per heavy atom. The van der Waals surface area contributed by atoms with Crippen molar-refractivity contribution < 1.29 is 13.9 Å². The van der Waals surface area contributed by atoms with E-state index in [9.17, 15) is 13.9 Å². The van der Waals surface area contributed by atoms with Crippen LogP contribution in [0, 0.1) is 5.92 Å². The SMILES string of the molecule is CCc1ccc(N(CC(C)C)C(c2ccc3c(c2)NC(O)CS3)S(=O)[O-])cc1. The maximum atomic E-state index is 12.3. The molecule has 0 saturated heterocycles. The van der Waals surface area contributed by atoms with Crippen LogP contribution in [-0.4, -0.2) is 32.4 Å². The van der Waals surface area contributed by atoms with Crippen LogP contribution in [0.2, 0.25) is 0 Å². The number of benzene rings is 2. The predicted molar refractivity (Wildman–Crippen MR) is 116 cm³/mol. The average Bonchev–Trinajstić information content (AvgIpc) is 2.66. The van der Waals surface area contributed by atoms with Crippen LogP contribution in [0.4, 0.5) is 11.4 Å². The van der Waals surface area contributed by atoms with E-state index in [4.69, 9.17) is 0 Å². The van der Waals surface area contributed by atoms with Crippen molar-refractivity contribution in [3.05, 3.63) is 53.6 Å². The molecule has 2 aromatic rings. The number of thioether (sulfide) groups is 1. The van der Waals surface area contributed by atoms with E-state index in [1.807, 2.05) is 35.2 Å². The van der Waals surface area contributed by atoms with Crippen LogP contribution >= 0.6 is 11.8 Å². The van der Waals surface area contributed by atoms with Gasteiger partial charge in [-0.25, -0.2) is 0 Å². The van der Waals surface area contributed by atoms with Crippen molar-refractivity contribution >= 4 is 34.2 Å². The molecule has 2 aromatic carbocycles. The summed E-state index contributed by atoms with van der Waals surface area (Å²) in [5.74, 6) is 0.872. The van der Waals surface area contributed by atoms with Crippen molar-refractivity contribution in [3.63, 3.8) is 0 Å². The van der Waals surface area contributed by atoms with Crippen LogP contribution in [0.5, 0.6) is 0 Å². The molecule has 0 saturated carbocycles. The molecule has 0 spiro atoms. The number of nitrogens with zero attached hydrogens (tertiary/aromatic N) is 1. The van der Waals surface area contributed by atoms with Crippen molar-refractivity contribution in [1.29, 1.82) is 0 Å². The van der Waals surface area contributed by atoms with Gasteiger partial charge < -0.3 is 19.9 Å². The number of anilines is 2. The molecule has 28 heavy (non-hydrogen) atoms. The zero-order valence-corrected chi connectivity index (χ0v) is 18.1. The summed E-state index contributed by atoms with van der Waals surface area (Å²) in [5.41, 5.74) is 3.58. The second kappa shape index (κ2) is 9.31. The largest absolute Gasteiger partial charge is 0.770 e. The molecule has 152 valence electrons. The zero-order valence-electron chi connectivity index (χ0n) is 16.4. The van der Waals surface area contributed by atoms with Crippen LogP contribution in [0.1, 0.15) is 37.3 Å². The fourth-order valence-corrected chi connectivity index (χ4v) is 5.02. The van der Waals surface area contributed by atoms with Gasteiger partial charge in [0.15, 0.2) is 0 Å². The van der Waals surface area contributed by atoms with E-state index < -0.39 is 22.7 Å². The lowest BCUT2D eigenvalue weighted by atomic mass is 10.1. The van der Waals surface area contributed by atoms with Gasteiger partial charge in [0.2, 0.25) is 0 Å². The summed E-state index contributed by atoms with van der Waals surface area (Å²) < 4.78 is 24.7. The number of hydrogen-bond acceptors (Lipinski definition) is 6. The fraction of sp³-hybridized carbons (Fsp3) is 0.429. The molecule has 0 radical (unpaired) electrons. The molecule has 3 atom stereocenters. The monoisotopic (exact) mass is 419 g/mol. The van der Waals surface area contributed by atoms with Crippen LogP contribution < -0.4 is 10.2 Å². The molecule has 0 aromatic heterocycles. The molecule has 0 amide bonds. The Bertz CT molecular complexity index is 827. The average molecular weight is 420 g/mol. The summed E-state index contributed by atoms with van der Waals surface area (Å²) in [4.78, 5) is 2.97. The van der Waals surface area contributed by atoms with E-state index in [1.165, 1.54) is 5.56 Å². The van der Waals surface area contributed by atoms with Gasteiger partial charge in [-0.2, -0.15) is 0 Å². The van der Waals surface area contributed by atoms with Gasteiger partial charge in [-0.15, -0.1) is 11.8 Å². The van der Waals surface area contributed by atoms with Crippen LogP contribution in [-0.2, 0) is 17.5 Å². The summed E-state index contributed by atoms with van der Waals surface area (Å²) in [6.07, 6.45) is 0.315. The highest BCUT2D eigenvalue weighted by Gasteiger charge is 2.25. The van der Waals surface area contributed by atoms with Crippen molar-refractivity contribution in [3.8, 4) is 0 Å². The maximum Gasteiger partial charge on any atom is 0.134 e. The lowest BCUT2D eigenvalue weighted by Gasteiger charge is -2.37. The summed E-state index contributed by atoms with van der Waals surface area (Å²) >= 11 is -0.774. The van der Waals surface area contributed by atoms with Crippen molar-refractivity contribution in [1.82, 2.24) is 0 Å². The topological polar surface area (TPSA) is 75.6 Å². The number of aryl methyl sites for hydroxylation is 1. The Morgan fingerprint density at radius 1 is 1.29 bits per heavy atom. The first-order valence-corrected chi connectivity index (χ1v) is 11.7. The lowest BCUT2D eigenvalue weighted by Crippen LogP contribution is -2.35. The number of fused-ring (bicyclic) bond motifs is 1. The second-order valence-electron chi connectivity index (χ2n) is 7.41. The molecule has 0 bridgehead atoms. The quantitative estimate of drug-likeness (QED) is 0.658. The Labute approximate surface area is 173 Å². The van der Waals surface area contributed by atoms with Gasteiger partial charge in [0.1, 0.15) is 11.6 Å². The highest BCUT2D eigenvalue weighted by Crippen LogP contribution is 2.37. The number of aliphatic hydroxyl groups is 1. The lowest BCUT2D eigenvalue weighted by molar-refractivity contribution is 0.227. The number of hydrogen-bond donors (Lipinski definition) is 2. The third-order valence-corrected chi connectivity index (χ3v) is 6.75. The van der Waals surface area contributed by atoms with Crippen molar-refractivity contribution in [2.24, 2.45) is 5.92 Å². The Balaban J connectivity index is 2.01. The second-order valence-corrected chi connectivity index (χ2v) is 9.44. The van der Waals surface area contributed by atoms with Gasteiger partial charge in [-0.1, -0.05) is 39.0 Å². The zero-order chi connectivity index (χ0) is 20.3.